The Morgan fingerprint density at radius 2 is 2.10 bits per heavy atom. The van der Waals surface area contributed by atoms with E-state index >= 15 is 0 Å². The van der Waals surface area contributed by atoms with Gasteiger partial charge in [0, 0.05) is 18.8 Å². The first-order valence-corrected chi connectivity index (χ1v) is 7.70. The minimum atomic E-state index is -0.128. The number of anilines is 1. The summed E-state index contributed by atoms with van der Waals surface area (Å²) in [7, 11) is 0. The molecule has 1 aromatic heterocycles. The largest absolute Gasteiger partial charge is 0.370 e. The van der Waals surface area contributed by atoms with E-state index in [-0.39, 0.29) is 11.9 Å². The highest BCUT2D eigenvalue weighted by atomic mass is 35.5. The van der Waals surface area contributed by atoms with Crippen LogP contribution in [0.2, 0.25) is 5.02 Å². The Morgan fingerprint density at radius 1 is 1.35 bits per heavy atom. The number of nitrogens with one attached hydrogen (secondary N) is 2. The summed E-state index contributed by atoms with van der Waals surface area (Å²) in [6, 6.07) is 1.91. The third kappa shape index (κ3) is 5.00. The van der Waals surface area contributed by atoms with Gasteiger partial charge in [0.25, 0.3) is 5.91 Å². The van der Waals surface area contributed by atoms with Gasteiger partial charge in [-0.25, -0.2) is 4.98 Å². The summed E-state index contributed by atoms with van der Waals surface area (Å²) in [4.78, 5) is 16.5. The summed E-state index contributed by atoms with van der Waals surface area (Å²) in [5, 5.41) is 6.57. The molecule has 1 rings (SSSR count). The maximum absolute atomic E-state index is 12.3. The van der Waals surface area contributed by atoms with Gasteiger partial charge >= 0.3 is 0 Å². The van der Waals surface area contributed by atoms with E-state index in [1.54, 1.807) is 6.07 Å². The van der Waals surface area contributed by atoms with Crippen molar-refractivity contribution in [2.24, 2.45) is 0 Å². The summed E-state index contributed by atoms with van der Waals surface area (Å²) in [5.74, 6) is 0.558. The molecule has 2 N–H and O–H groups in total. The van der Waals surface area contributed by atoms with E-state index in [0.29, 0.717) is 16.4 Å². The standard InChI is InChI=1S/C15H24ClN3O/c1-4-7-11(6-3)19-15(20)12-9-14(17-8-5-2)18-10-13(12)16/h9-11H,4-8H2,1-3H3,(H,17,18)(H,19,20). The highest BCUT2D eigenvalue weighted by Crippen LogP contribution is 2.18. The molecule has 0 saturated carbocycles. The van der Waals surface area contributed by atoms with E-state index in [2.05, 4.69) is 36.4 Å². The molecule has 5 heteroatoms. The zero-order valence-electron chi connectivity index (χ0n) is 12.5. The number of halogens is 1. The van der Waals surface area contributed by atoms with Crippen LogP contribution in [-0.2, 0) is 0 Å². The fourth-order valence-corrected chi connectivity index (χ4v) is 2.14. The normalized spacial score (nSPS) is 12.0. The molecule has 0 aromatic carbocycles. The Morgan fingerprint density at radius 3 is 2.70 bits per heavy atom. The van der Waals surface area contributed by atoms with Gasteiger partial charge in [0.1, 0.15) is 5.82 Å². The highest BCUT2D eigenvalue weighted by Gasteiger charge is 2.15. The Labute approximate surface area is 126 Å². The number of rotatable bonds is 8. The molecule has 4 nitrogen and oxygen atoms in total. The smallest absolute Gasteiger partial charge is 0.253 e. The van der Waals surface area contributed by atoms with E-state index in [9.17, 15) is 4.79 Å². The maximum atomic E-state index is 12.3. The van der Waals surface area contributed by atoms with Crippen molar-refractivity contribution in [1.82, 2.24) is 10.3 Å². The third-order valence-electron chi connectivity index (χ3n) is 3.12. The molecule has 112 valence electrons. The molecule has 0 aliphatic carbocycles. The van der Waals surface area contributed by atoms with Crippen molar-refractivity contribution in [3.63, 3.8) is 0 Å². The van der Waals surface area contributed by atoms with E-state index in [4.69, 9.17) is 11.6 Å². The minimum Gasteiger partial charge on any atom is -0.370 e. The van der Waals surface area contributed by atoms with Gasteiger partial charge in [0.05, 0.1) is 10.6 Å². The van der Waals surface area contributed by atoms with Gasteiger partial charge in [-0.05, 0) is 25.3 Å². The summed E-state index contributed by atoms with van der Waals surface area (Å²) >= 11 is 6.08. The molecule has 0 fully saturated rings. The predicted molar refractivity (Wildman–Crippen MR) is 84.5 cm³/mol. The van der Waals surface area contributed by atoms with Crippen LogP contribution in [0.3, 0.4) is 0 Å². The van der Waals surface area contributed by atoms with Crippen molar-refractivity contribution in [2.45, 2.75) is 52.5 Å². The lowest BCUT2D eigenvalue weighted by Gasteiger charge is -2.17. The molecule has 1 unspecified atom stereocenters. The van der Waals surface area contributed by atoms with Crippen LogP contribution in [0.1, 0.15) is 56.8 Å². The molecule has 0 aliphatic rings. The zero-order valence-corrected chi connectivity index (χ0v) is 13.3. The molecule has 0 aliphatic heterocycles. The Hall–Kier alpha value is -1.29. The summed E-state index contributed by atoms with van der Waals surface area (Å²) in [6.07, 6.45) is 5.47. The molecular formula is C15H24ClN3O. The van der Waals surface area contributed by atoms with Crippen LogP contribution in [0.4, 0.5) is 5.82 Å². The van der Waals surface area contributed by atoms with E-state index in [1.165, 1.54) is 6.20 Å². The molecule has 20 heavy (non-hydrogen) atoms. The Balaban J connectivity index is 2.80. The Kier molecular flexibility index (Phi) is 7.37. The topological polar surface area (TPSA) is 54.0 Å². The van der Waals surface area contributed by atoms with E-state index in [1.807, 2.05) is 0 Å². The molecular weight excluding hydrogens is 274 g/mol. The minimum absolute atomic E-state index is 0.128. The van der Waals surface area contributed by atoms with Crippen LogP contribution in [-0.4, -0.2) is 23.5 Å². The maximum Gasteiger partial charge on any atom is 0.253 e. The summed E-state index contributed by atoms with van der Waals surface area (Å²) in [6.45, 7) is 7.08. The molecule has 1 amide bonds. The number of pyridine rings is 1. The van der Waals surface area contributed by atoms with E-state index < -0.39 is 0 Å². The number of carbonyl (C=O) groups excluding carboxylic acids is 1. The first-order chi connectivity index (χ1) is 9.62. The lowest BCUT2D eigenvalue weighted by Crippen LogP contribution is -2.34. The average molecular weight is 298 g/mol. The quantitative estimate of drug-likeness (QED) is 0.766. The Bertz CT molecular complexity index is 437. The van der Waals surface area contributed by atoms with Gasteiger partial charge < -0.3 is 10.6 Å². The zero-order chi connectivity index (χ0) is 15.0. The van der Waals surface area contributed by atoms with Crippen LogP contribution >= 0.6 is 11.6 Å². The van der Waals surface area contributed by atoms with Crippen molar-refractivity contribution in [2.75, 3.05) is 11.9 Å². The van der Waals surface area contributed by atoms with Crippen LogP contribution < -0.4 is 10.6 Å². The number of nitrogens with zero attached hydrogens (tertiary/aromatic N) is 1. The van der Waals surface area contributed by atoms with Crippen molar-refractivity contribution < 1.29 is 4.79 Å². The summed E-state index contributed by atoms with van der Waals surface area (Å²) < 4.78 is 0. The van der Waals surface area contributed by atoms with Crippen molar-refractivity contribution in [3.05, 3.63) is 22.8 Å². The monoisotopic (exact) mass is 297 g/mol. The first-order valence-electron chi connectivity index (χ1n) is 7.32. The second-order valence-corrected chi connectivity index (χ2v) is 5.25. The number of amides is 1. The van der Waals surface area contributed by atoms with Crippen molar-refractivity contribution in [1.29, 1.82) is 0 Å². The van der Waals surface area contributed by atoms with Crippen LogP contribution in [0.25, 0.3) is 0 Å². The number of hydrogen-bond acceptors (Lipinski definition) is 3. The molecule has 0 spiro atoms. The molecule has 0 saturated heterocycles. The SMILES string of the molecule is CCCNc1cc(C(=O)NC(CC)CCC)c(Cl)cn1. The van der Waals surface area contributed by atoms with Crippen molar-refractivity contribution >= 4 is 23.3 Å². The second kappa shape index (κ2) is 8.80. The molecule has 1 heterocycles. The molecule has 0 bridgehead atoms. The number of aromatic nitrogens is 1. The second-order valence-electron chi connectivity index (χ2n) is 4.84. The lowest BCUT2D eigenvalue weighted by atomic mass is 10.1. The molecule has 1 atom stereocenters. The molecule has 1 aromatic rings. The van der Waals surface area contributed by atoms with Crippen molar-refractivity contribution in [3.8, 4) is 0 Å². The molecule has 0 radical (unpaired) electrons. The van der Waals surface area contributed by atoms with Crippen LogP contribution in [0.15, 0.2) is 12.3 Å². The highest BCUT2D eigenvalue weighted by molar-refractivity contribution is 6.33. The van der Waals surface area contributed by atoms with Crippen LogP contribution in [0, 0.1) is 0 Å². The van der Waals surface area contributed by atoms with Gasteiger partial charge in [-0.3, -0.25) is 4.79 Å². The van der Waals surface area contributed by atoms with Gasteiger partial charge in [-0.1, -0.05) is 38.8 Å². The first kappa shape index (κ1) is 16.8. The summed E-state index contributed by atoms with van der Waals surface area (Å²) in [5.41, 5.74) is 0.481. The van der Waals surface area contributed by atoms with Crippen LogP contribution in [0.5, 0.6) is 0 Å². The fraction of sp³-hybridized carbons (Fsp3) is 0.600. The fourth-order valence-electron chi connectivity index (χ4n) is 1.95. The van der Waals surface area contributed by atoms with Gasteiger partial charge in [0.15, 0.2) is 0 Å². The number of hydrogen-bond donors (Lipinski definition) is 2. The van der Waals surface area contributed by atoms with E-state index in [0.717, 1.165) is 32.2 Å². The third-order valence-corrected chi connectivity index (χ3v) is 3.42. The number of carbonyl (C=O) groups is 1. The van der Waals surface area contributed by atoms with Gasteiger partial charge in [-0.15, -0.1) is 0 Å². The predicted octanol–water partition coefficient (Wildman–Crippen LogP) is 3.87. The lowest BCUT2D eigenvalue weighted by molar-refractivity contribution is 0.0934. The van der Waals surface area contributed by atoms with Gasteiger partial charge in [-0.2, -0.15) is 0 Å². The van der Waals surface area contributed by atoms with Gasteiger partial charge in [0.2, 0.25) is 0 Å². The average Bonchev–Trinajstić information content (AvgIpc) is 2.45.